The van der Waals surface area contributed by atoms with Crippen LogP contribution in [0.2, 0.25) is 0 Å². The van der Waals surface area contributed by atoms with Crippen molar-refractivity contribution in [2.24, 2.45) is 0 Å². The normalized spacial score (nSPS) is 11.0. The number of rotatable bonds is 6. The number of aromatic nitrogens is 2. The predicted molar refractivity (Wildman–Crippen MR) is 103 cm³/mol. The number of carbonyl (C=O) groups is 2. The van der Waals surface area contributed by atoms with Crippen molar-refractivity contribution in [2.45, 2.75) is 19.9 Å². The third-order valence-electron chi connectivity index (χ3n) is 4.08. The zero-order valence-corrected chi connectivity index (χ0v) is 14.8. The number of anilines is 1. The molecule has 3 aromatic rings. The standard InChI is InChI=1S/C20H20N4O3/c1-2-24-17-10-8-15(9-11-18(25)23-27)12-16(17)21-20(24)22-19(26)13-14-6-4-3-5-7-14/h3-12,27H,2,13H2,1H3,(H,23,25)(H,21,22,26)/b11-9+. The van der Waals surface area contributed by atoms with Gasteiger partial charge in [0.1, 0.15) is 0 Å². The number of hydrogen-bond donors (Lipinski definition) is 3. The molecule has 1 aromatic heterocycles. The second-order valence-corrected chi connectivity index (χ2v) is 5.95. The Balaban J connectivity index is 1.83. The van der Waals surface area contributed by atoms with E-state index in [2.05, 4.69) is 10.3 Å². The minimum atomic E-state index is -0.608. The molecule has 3 rings (SSSR count). The molecular weight excluding hydrogens is 344 g/mol. The minimum absolute atomic E-state index is 0.133. The molecule has 0 atom stereocenters. The summed E-state index contributed by atoms with van der Waals surface area (Å²) in [5, 5.41) is 11.4. The van der Waals surface area contributed by atoms with Crippen molar-refractivity contribution in [2.75, 3.05) is 5.32 Å². The highest BCUT2D eigenvalue weighted by atomic mass is 16.5. The summed E-state index contributed by atoms with van der Waals surface area (Å²) in [5.41, 5.74) is 4.83. The maximum absolute atomic E-state index is 12.4. The number of hydrogen-bond acceptors (Lipinski definition) is 4. The molecule has 2 aromatic carbocycles. The molecule has 2 amide bonds. The van der Waals surface area contributed by atoms with E-state index < -0.39 is 5.91 Å². The van der Waals surface area contributed by atoms with Crippen LogP contribution in [0.1, 0.15) is 18.1 Å². The van der Waals surface area contributed by atoms with E-state index in [0.717, 1.165) is 16.6 Å². The van der Waals surface area contributed by atoms with E-state index in [1.165, 1.54) is 6.08 Å². The second kappa shape index (κ2) is 8.29. The maximum Gasteiger partial charge on any atom is 0.267 e. The molecule has 0 radical (unpaired) electrons. The van der Waals surface area contributed by atoms with E-state index in [-0.39, 0.29) is 12.3 Å². The fourth-order valence-corrected chi connectivity index (χ4v) is 2.83. The molecule has 0 bridgehead atoms. The molecule has 27 heavy (non-hydrogen) atoms. The van der Waals surface area contributed by atoms with Crippen LogP contribution >= 0.6 is 0 Å². The molecule has 0 aliphatic carbocycles. The molecule has 0 saturated heterocycles. The van der Waals surface area contributed by atoms with Crippen molar-refractivity contribution < 1.29 is 14.8 Å². The van der Waals surface area contributed by atoms with Crippen molar-refractivity contribution >= 4 is 34.9 Å². The van der Waals surface area contributed by atoms with Gasteiger partial charge in [0.25, 0.3) is 5.91 Å². The molecule has 0 unspecified atom stereocenters. The molecule has 7 heteroatoms. The van der Waals surface area contributed by atoms with Crippen LogP contribution in [0, 0.1) is 0 Å². The Hall–Kier alpha value is -3.45. The predicted octanol–water partition coefficient (Wildman–Crippen LogP) is 2.76. The van der Waals surface area contributed by atoms with Crippen LogP contribution in [0.25, 0.3) is 17.1 Å². The zero-order chi connectivity index (χ0) is 19.2. The van der Waals surface area contributed by atoms with Gasteiger partial charge < -0.3 is 4.57 Å². The topological polar surface area (TPSA) is 96.2 Å². The van der Waals surface area contributed by atoms with Gasteiger partial charge in [0.2, 0.25) is 11.9 Å². The van der Waals surface area contributed by atoms with E-state index in [9.17, 15) is 9.59 Å². The molecular formula is C20H20N4O3. The van der Waals surface area contributed by atoms with Gasteiger partial charge in [-0.2, -0.15) is 0 Å². The van der Waals surface area contributed by atoms with Crippen LogP contribution < -0.4 is 10.8 Å². The van der Waals surface area contributed by atoms with E-state index in [1.54, 1.807) is 11.6 Å². The summed E-state index contributed by atoms with van der Waals surface area (Å²) in [6.45, 7) is 2.63. The first kappa shape index (κ1) is 18.3. The van der Waals surface area contributed by atoms with Gasteiger partial charge in [-0.25, -0.2) is 10.5 Å². The van der Waals surface area contributed by atoms with Gasteiger partial charge in [-0.3, -0.25) is 20.1 Å². The van der Waals surface area contributed by atoms with Gasteiger partial charge in [-0.15, -0.1) is 0 Å². The average molecular weight is 364 g/mol. The molecule has 138 valence electrons. The van der Waals surface area contributed by atoms with Gasteiger partial charge in [-0.05, 0) is 36.3 Å². The van der Waals surface area contributed by atoms with Crippen LogP contribution in [-0.2, 0) is 22.6 Å². The number of hydroxylamine groups is 1. The molecule has 0 aliphatic heterocycles. The second-order valence-electron chi connectivity index (χ2n) is 5.95. The van der Waals surface area contributed by atoms with Crippen LogP contribution in [0.3, 0.4) is 0 Å². The lowest BCUT2D eigenvalue weighted by atomic mass is 10.1. The third-order valence-corrected chi connectivity index (χ3v) is 4.08. The lowest BCUT2D eigenvalue weighted by molar-refractivity contribution is -0.124. The van der Waals surface area contributed by atoms with Crippen molar-refractivity contribution in [1.29, 1.82) is 0 Å². The Kier molecular flexibility index (Phi) is 5.63. The number of nitrogens with zero attached hydrogens (tertiary/aromatic N) is 2. The number of aryl methyl sites for hydroxylation is 1. The summed E-state index contributed by atoms with van der Waals surface area (Å²) >= 11 is 0. The summed E-state index contributed by atoms with van der Waals surface area (Å²) < 4.78 is 1.92. The molecule has 1 heterocycles. The van der Waals surface area contributed by atoms with Crippen LogP contribution in [0.5, 0.6) is 0 Å². The SMILES string of the molecule is CCn1c(NC(=O)Cc2ccccc2)nc2cc(/C=C/C(=O)NO)ccc21. The molecule has 0 spiro atoms. The van der Waals surface area contributed by atoms with E-state index in [4.69, 9.17) is 5.21 Å². The number of fused-ring (bicyclic) bond motifs is 1. The van der Waals surface area contributed by atoms with E-state index in [0.29, 0.717) is 18.0 Å². The summed E-state index contributed by atoms with van der Waals surface area (Å²) in [5.74, 6) is -0.253. The van der Waals surface area contributed by atoms with E-state index in [1.807, 2.05) is 60.0 Å². The fourth-order valence-electron chi connectivity index (χ4n) is 2.83. The van der Waals surface area contributed by atoms with Crippen LogP contribution in [0.15, 0.2) is 54.6 Å². The highest BCUT2D eigenvalue weighted by molar-refractivity contribution is 5.94. The van der Waals surface area contributed by atoms with Crippen molar-refractivity contribution in [3.05, 3.63) is 65.7 Å². The van der Waals surface area contributed by atoms with Gasteiger partial charge in [0, 0.05) is 12.6 Å². The largest absolute Gasteiger partial charge is 0.310 e. The minimum Gasteiger partial charge on any atom is -0.310 e. The van der Waals surface area contributed by atoms with Gasteiger partial charge in [0.05, 0.1) is 17.5 Å². The van der Waals surface area contributed by atoms with Crippen LogP contribution in [0.4, 0.5) is 5.95 Å². The number of amides is 2. The molecule has 0 aliphatic rings. The van der Waals surface area contributed by atoms with Gasteiger partial charge in [-0.1, -0.05) is 36.4 Å². The first-order valence-electron chi connectivity index (χ1n) is 8.57. The van der Waals surface area contributed by atoms with E-state index >= 15 is 0 Å². The quantitative estimate of drug-likeness (QED) is 0.356. The Morgan fingerprint density at radius 3 is 2.67 bits per heavy atom. The van der Waals surface area contributed by atoms with Crippen LogP contribution in [-0.4, -0.2) is 26.6 Å². The molecule has 7 nitrogen and oxygen atoms in total. The molecule has 0 saturated carbocycles. The highest BCUT2D eigenvalue weighted by Gasteiger charge is 2.13. The zero-order valence-electron chi connectivity index (χ0n) is 14.8. The Morgan fingerprint density at radius 2 is 1.96 bits per heavy atom. The van der Waals surface area contributed by atoms with Gasteiger partial charge >= 0.3 is 0 Å². The van der Waals surface area contributed by atoms with Crippen molar-refractivity contribution in [3.63, 3.8) is 0 Å². The summed E-state index contributed by atoms with van der Waals surface area (Å²) in [6.07, 6.45) is 3.07. The van der Waals surface area contributed by atoms with Crippen molar-refractivity contribution in [3.8, 4) is 0 Å². The lowest BCUT2D eigenvalue weighted by Crippen LogP contribution is -2.17. The smallest absolute Gasteiger partial charge is 0.267 e. The molecule has 3 N–H and O–H groups in total. The third kappa shape index (κ3) is 4.39. The number of benzene rings is 2. The summed E-state index contributed by atoms with van der Waals surface area (Å²) in [4.78, 5) is 28.0. The Morgan fingerprint density at radius 1 is 1.19 bits per heavy atom. The van der Waals surface area contributed by atoms with Gasteiger partial charge in [0.15, 0.2) is 0 Å². The monoisotopic (exact) mass is 364 g/mol. The number of nitrogens with one attached hydrogen (secondary N) is 2. The Bertz CT molecular complexity index is 993. The fraction of sp³-hybridized carbons (Fsp3) is 0.150. The number of carbonyl (C=O) groups excluding carboxylic acids is 2. The number of imidazole rings is 1. The Labute approximate surface area is 156 Å². The average Bonchev–Trinajstić information content (AvgIpc) is 3.02. The van der Waals surface area contributed by atoms with Crippen molar-refractivity contribution in [1.82, 2.24) is 15.0 Å². The molecule has 0 fully saturated rings. The maximum atomic E-state index is 12.4. The lowest BCUT2D eigenvalue weighted by Gasteiger charge is -2.07. The first-order chi connectivity index (χ1) is 13.1. The first-order valence-corrected chi connectivity index (χ1v) is 8.57. The summed E-state index contributed by atoms with van der Waals surface area (Å²) in [7, 11) is 0. The summed E-state index contributed by atoms with van der Waals surface area (Å²) in [6, 6.07) is 15.1. The highest BCUT2D eigenvalue weighted by Crippen LogP contribution is 2.22.